The Hall–Kier alpha value is -1.96. The summed E-state index contributed by atoms with van der Waals surface area (Å²) in [6.45, 7) is 17.6. The van der Waals surface area contributed by atoms with E-state index in [1.165, 1.54) is 54.4 Å². The van der Waals surface area contributed by atoms with Gasteiger partial charge in [-0.1, -0.05) is 76.9 Å². The third kappa shape index (κ3) is 2.95. The highest BCUT2D eigenvalue weighted by atomic mass is 16.3. The summed E-state index contributed by atoms with van der Waals surface area (Å²) >= 11 is 0. The van der Waals surface area contributed by atoms with Crippen LogP contribution in [0.15, 0.2) is 24.3 Å². The smallest absolute Gasteiger partial charge is 0.123 e. The molecule has 6 rings (SSSR count). The molecule has 0 saturated heterocycles. The van der Waals surface area contributed by atoms with Gasteiger partial charge in [-0.2, -0.15) is 0 Å². The average Bonchev–Trinajstić information content (AvgIpc) is 3.06. The molecule has 6 unspecified atom stereocenters. The van der Waals surface area contributed by atoms with Crippen molar-refractivity contribution in [2.24, 2.45) is 23.2 Å². The number of phenols is 2. The number of hydrogen-bond acceptors (Lipinski definition) is 2. The second-order valence-corrected chi connectivity index (χ2v) is 14.8. The minimum absolute atomic E-state index is 0.0727. The normalized spacial score (nSPS) is 35.3. The van der Waals surface area contributed by atoms with Crippen molar-refractivity contribution >= 4 is 0 Å². The first-order chi connectivity index (χ1) is 16.2. The van der Waals surface area contributed by atoms with Gasteiger partial charge in [0, 0.05) is 11.0 Å². The van der Waals surface area contributed by atoms with Crippen LogP contribution < -0.4 is 0 Å². The zero-order chi connectivity index (χ0) is 25.3. The Morgan fingerprint density at radius 3 is 2.00 bits per heavy atom. The van der Waals surface area contributed by atoms with E-state index >= 15 is 0 Å². The molecule has 4 aliphatic rings. The molecule has 0 amide bonds. The van der Waals surface area contributed by atoms with Gasteiger partial charge in [-0.05, 0) is 103 Å². The van der Waals surface area contributed by atoms with Crippen molar-refractivity contribution in [1.82, 2.24) is 0 Å². The summed E-state index contributed by atoms with van der Waals surface area (Å²) in [5.74, 6) is 3.71. The lowest BCUT2D eigenvalue weighted by atomic mass is 9.67. The maximum Gasteiger partial charge on any atom is 0.123 e. The fourth-order valence-corrected chi connectivity index (χ4v) is 9.51. The second kappa shape index (κ2) is 6.87. The Bertz CT molecular complexity index is 1230. The van der Waals surface area contributed by atoms with E-state index in [0.29, 0.717) is 28.7 Å². The van der Waals surface area contributed by atoms with Gasteiger partial charge >= 0.3 is 0 Å². The Labute approximate surface area is 212 Å². The van der Waals surface area contributed by atoms with Crippen LogP contribution in [0.4, 0.5) is 0 Å². The van der Waals surface area contributed by atoms with Crippen LogP contribution in [-0.2, 0) is 16.2 Å². The molecule has 6 atom stereocenters. The molecule has 2 bridgehead atoms. The first-order valence-electron chi connectivity index (χ1n) is 13.9. The predicted octanol–water partition coefficient (Wildman–Crippen LogP) is 8.17. The zero-order valence-corrected chi connectivity index (χ0v) is 23.0. The number of benzene rings is 2. The van der Waals surface area contributed by atoms with Gasteiger partial charge < -0.3 is 10.2 Å². The SMILES string of the molecule is Cc1cc(C2CC3CC2C24CC2(c2cc(C)cc(C(C)(C)C)c2O)CCC34)c(O)c(C(C)(C)C)c1. The lowest BCUT2D eigenvalue weighted by molar-refractivity contribution is 0.180. The molecule has 4 fully saturated rings. The molecule has 4 saturated carbocycles. The standard InChI is InChI=1S/C33H44O2/c1-18-11-22(28(34)25(12-18)30(3,4)5)21-15-20-16-24(21)33-17-32(33,10-9-23(20)33)27-14-19(2)13-26(29(27)35)31(6,7)8/h11-14,20-21,23-24,34-35H,9-10,15-17H2,1-8H3. The zero-order valence-electron chi connectivity index (χ0n) is 23.0. The van der Waals surface area contributed by atoms with E-state index in [-0.39, 0.29) is 16.2 Å². The van der Waals surface area contributed by atoms with Crippen LogP contribution in [0.5, 0.6) is 11.5 Å². The molecule has 2 N–H and O–H groups in total. The van der Waals surface area contributed by atoms with Crippen molar-refractivity contribution in [2.45, 2.75) is 110 Å². The highest BCUT2D eigenvalue weighted by Crippen LogP contribution is 2.88. The molecule has 35 heavy (non-hydrogen) atoms. The highest BCUT2D eigenvalue weighted by Gasteiger charge is 2.83. The summed E-state index contributed by atoms with van der Waals surface area (Å²) in [4.78, 5) is 0. The minimum Gasteiger partial charge on any atom is -0.507 e. The number of fused-ring (bicyclic) bond motifs is 3. The lowest BCUT2D eigenvalue weighted by Gasteiger charge is -2.37. The maximum absolute atomic E-state index is 11.6. The van der Waals surface area contributed by atoms with Crippen LogP contribution in [0, 0.1) is 37.0 Å². The molecular formula is C33H44O2. The first-order valence-corrected chi connectivity index (χ1v) is 13.9. The molecule has 2 nitrogen and oxygen atoms in total. The van der Waals surface area contributed by atoms with Crippen LogP contribution >= 0.6 is 0 Å². The summed E-state index contributed by atoms with van der Waals surface area (Å²) in [5, 5.41) is 23.2. The van der Waals surface area contributed by atoms with Crippen LogP contribution in [0.1, 0.15) is 113 Å². The van der Waals surface area contributed by atoms with E-state index in [9.17, 15) is 10.2 Å². The van der Waals surface area contributed by atoms with Crippen molar-refractivity contribution in [3.05, 3.63) is 57.6 Å². The van der Waals surface area contributed by atoms with E-state index in [4.69, 9.17) is 0 Å². The molecule has 0 heterocycles. The van der Waals surface area contributed by atoms with E-state index < -0.39 is 0 Å². The Morgan fingerprint density at radius 2 is 1.37 bits per heavy atom. The fraction of sp³-hybridized carbons (Fsp3) is 0.636. The van der Waals surface area contributed by atoms with Gasteiger partial charge in [0.2, 0.25) is 0 Å². The number of hydrogen-bond donors (Lipinski definition) is 2. The predicted molar refractivity (Wildman–Crippen MR) is 143 cm³/mol. The van der Waals surface area contributed by atoms with E-state index in [0.717, 1.165) is 23.0 Å². The molecular weight excluding hydrogens is 428 g/mol. The number of phenolic OH excluding ortho intramolecular Hbond substituents is 2. The maximum atomic E-state index is 11.6. The molecule has 2 aromatic rings. The van der Waals surface area contributed by atoms with Crippen molar-refractivity contribution in [1.29, 1.82) is 0 Å². The topological polar surface area (TPSA) is 40.5 Å². The average molecular weight is 473 g/mol. The minimum atomic E-state index is -0.0739. The van der Waals surface area contributed by atoms with Gasteiger partial charge in [0.25, 0.3) is 0 Å². The third-order valence-corrected chi connectivity index (χ3v) is 10.8. The third-order valence-electron chi connectivity index (χ3n) is 10.8. The number of aryl methyl sites for hydroxylation is 2. The molecule has 0 aromatic heterocycles. The summed E-state index contributed by atoms with van der Waals surface area (Å²) in [5.41, 5.74) is 7.44. The number of aromatic hydroxyl groups is 2. The fourth-order valence-electron chi connectivity index (χ4n) is 9.51. The lowest BCUT2D eigenvalue weighted by Crippen LogP contribution is -2.30. The van der Waals surface area contributed by atoms with Crippen LogP contribution in [0.3, 0.4) is 0 Å². The molecule has 0 aliphatic heterocycles. The summed E-state index contributed by atoms with van der Waals surface area (Å²) < 4.78 is 0. The van der Waals surface area contributed by atoms with Gasteiger partial charge in [0.1, 0.15) is 11.5 Å². The van der Waals surface area contributed by atoms with E-state index in [1.54, 1.807) is 0 Å². The quantitative estimate of drug-likeness (QED) is 0.463. The molecule has 188 valence electrons. The van der Waals surface area contributed by atoms with Crippen molar-refractivity contribution in [2.75, 3.05) is 0 Å². The van der Waals surface area contributed by atoms with E-state index in [2.05, 4.69) is 79.7 Å². The van der Waals surface area contributed by atoms with Gasteiger partial charge in [-0.15, -0.1) is 0 Å². The monoisotopic (exact) mass is 472 g/mol. The molecule has 2 heteroatoms. The summed E-state index contributed by atoms with van der Waals surface area (Å²) in [6, 6.07) is 8.97. The van der Waals surface area contributed by atoms with Crippen LogP contribution in [0.25, 0.3) is 0 Å². The van der Waals surface area contributed by atoms with Crippen molar-refractivity contribution in [3.8, 4) is 11.5 Å². The van der Waals surface area contributed by atoms with Gasteiger partial charge in [-0.25, -0.2) is 0 Å². The van der Waals surface area contributed by atoms with Crippen molar-refractivity contribution in [3.63, 3.8) is 0 Å². The van der Waals surface area contributed by atoms with Crippen LogP contribution in [0.2, 0.25) is 0 Å². The van der Waals surface area contributed by atoms with Gasteiger partial charge in [0.05, 0.1) is 0 Å². The second-order valence-electron chi connectivity index (χ2n) is 14.8. The Morgan fingerprint density at radius 1 is 0.771 bits per heavy atom. The molecule has 1 spiro atoms. The van der Waals surface area contributed by atoms with Gasteiger partial charge in [0.15, 0.2) is 0 Å². The van der Waals surface area contributed by atoms with Crippen molar-refractivity contribution < 1.29 is 10.2 Å². The van der Waals surface area contributed by atoms with Crippen LogP contribution in [-0.4, -0.2) is 10.2 Å². The molecule has 2 aromatic carbocycles. The first kappa shape index (κ1) is 23.4. The summed E-state index contributed by atoms with van der Waals surface area (Å²) in [6.07, 6.45) is 6.26. The molecule has 4 aliphatic carbocycles. The molecule has 0 radical (unpaired) electrons. The van der Waals surface area contributed by atoms with Gasteiger partial charge in [-0.3, -0.25) is 0 Å². The highest BCUT2D eigenvalue weighted by molar-refractivity contribution is 5.58. The Kier molecular flexibility index (Phi) is 4.60. The largest absolute Gasteiger partial charge is 0.507 e. The Balaban J connectivity index is 1.45. The summed E-state index contributed by atoms with van der Waals surface area (Å²) in [7, 11) is 0. The van der Waals surface area contributed by atoms with E-state index in [1.807, 2.05) is 0 Å². The number of rotatable bonds is 2.